The topological polar surface area (TPSA) is 46.5 Å². The summed E-state index contributed by atoms with van der Waals surface area (Å²) in [4.78, 5) is 8.61. The summed E-state index contributed by atoms with van der Waals surface area (Å²) in [6.45, 7) is 1.92. The van der Waals surface area contributed by atoms with Crippen molar-refractivity contribution in [3.05, 3.63) is 53.1 Å². The molecule has 1 aromatic heterocycles. The van der Waals surface area contributed by atoms with Crippen molar-refractivity contribution in [2.24, 2.45) is 4.99 Å². The molecule has 0 amide bonds. The van der Waals surface area contributed by atoms with Crippen LogP contribution >= 0.6 is 0 Å². The Morgan fingerprint density at radius 2 is 2.15 bits per heavy atom. The van der Waals surface area contributed by atoms with Gasteiger partial charge >= 0.3 is 0 Å². The highest BCUT2D eigenvalue weighted by atomic mass is 19.1. The third-order valence-corrected chi connectivity index (χ3v) is 3.21. The third kappa shape index (κ3) is 2.22. The Balaban J connectivity index is 1.99. The van der Waals surface area contributed by atoms with Crippen LogP contribution < -0.4 is 10.1 Å². The van der Waals surface area contributed by atoms with E-state index in [1.165, 1.54) is 19.2 Å². The number of anilines is 1. The molecule has 0 radical (unpaired) electrons. The second-order valence-corrected chi connectivity index (χ2v) is 4.62. The van der Waals surface area contributed by atoms with Crippen LogP contribution in [0.15, 0.2) is 35.5 Å². The number of nitrogens with one attached hydrogen (secondary N) is 1. The minimum Gasteiger partial charge on any atom is -0.496 e. The summed E-state index contributed by atoms with van der Waals surface area (Å²) in [6.07, 6.45) is 3.21. The standard InChI is InChI=1S/C15H14FN3O/c1-9-5-10(3-4-17-9)15-18-8-12-13(19-15)6-11(16)7-14(12)20-2/h3-8,15,19H,1-2H3. The molecule has 20 heavy (non-hydrogen) atoms. The first-order valence-corrected chi connectivity index (χ1v) is 6.27. The summed E-state index contributed by atoms with van der Waals surface area (Å²) in [5, 5.41) is 3.21. The molecule has 4 nitrogen and oxygen atoms in total. The zero-order chi connectivity index (χ0) is 14.1. The number of benzene rings is 1. The molecule has 1 atom stereocenters. The highest BCUT2D eigenvalue weighted by Gasteiger charge is 2.19. The van der Waals surface area contributed by atoms with Gasteiger partial charge in [-0.2, -0.15) is 0 Å². The Bertz CT molecular complexity index is 685. The number of methoxy groups -OCH3 is 1. The van der Waals surface area contributed by atoms with E-state index in [-0.39, 0.29) is 12.0 Å². The average molecular weight is 271 g/mol. The van der Waals surface area contributed by atoms with Gasteiger partial charge in [-0.05, 0) is 30.7 Å². The van der Waals surface area contributed by atoms with Crippen LogP contribution in [0, 0.1) is 12.7 Å². The van der Waals surface area contributed by atoms with Crippen molar-refractivity contribution in [1.29, 1.82) is 0 Å². The highest BCUT2D eigenvalue weighted by molar-refractivity contribution is 5.93. The van der Waals surface area contributed by atoms with E-state index in [1.54, 1.807) is 12.4 Å². The summed E-state index contributed by atoms with van der Waals surface area (Å²) in [5.74, 6) is 0.133. The Labute approximate surface area is 116 Å². The molecule has 1 N–H and O–H groups in total. The van der Waals surface area contributed by atoms with Crippen LogP contribution in [0.25, 0.3) is 0 Å². The minimum atomic E-state index is -0.340. The Kier molecular flexibility index (Phi) is 3.10. The van der Waals surface area contributed by atoms with Gasteiger partial charge < -0.3 is 10.1 Å². The molecule has 3 rings (SSSR count). The fraction of sp³-hybridized carbons (Fsp3) is 0.200. The fourth-order valence-electron chi connectivity index (χ4n) is 2.26. The number of hydrogen-bond donors (Lipinski definition) is 1. The number of aliphatic imine (C=N–C) groups is 1. The van der Waals surface area contributed by atoms with Crippen molar-refractivity contribution in [1.82, 2.24) is 4.98 Å². The molecule has 1 unspecified atom stereocenters. The number of nitrogens with zero attached hydrogens (tertiary/aromatic N) is 2. The largest absolute Gasteiger partial charge is 0.496 e. The maximum Gasteiger partial charge on any atom is 0.144 e. The first-order valence-electron chi connectivity index (χ1n) is 6.27. The number of ether oxygens (including phenoxy) is 1. The highest BCUT2D eigenvalue weighted by Crippen LogP contribution is 2.33. The van der Waals surface area contributed by atoms with Gasteiger partial charge in [0, 0.05) is 24.2 Å². The lowest BCUT2D eigenvalue weighted by Crippen LogP contribution is -2.15. The van der Waals surface area contributed by atoms with Gasteiger partial charge in [-0.1, -0.05) is 0 Å². The molecule has 2 heterocycles. The van der Waals surface area contributed by atoms with Gasteiger partial charge in [0.15, 0.2) is 0 Å². The van der Waals surface area contributed by atoms with Crippen molar-refractivity contribution in [3.8, 4) is 5.75 Å². The lowest BCUT2D eigenvalue weighted by Gasteiger charge is -2.23. The van der Waals surface area contributed by atoms with E-state index in [0.717, 1.165) is 16.8 Å². The first-order chi connectivity index (χ1) is 9.67. The zero-order valence-corrected chi connectivity index (χ0v) is 11.2. The van der Waals surface area contributed by atoms with Crippen molar-refractivity contribution in [3.63, 3.8) is 0 Å². The van der Waals surface area contributed by atoms with Crippen molar-refractivity contribution in [2.45, 2.75) is 13.1 Å². The van der Waals surface area contributed by atoms with Crippen LogP contribution in [0.4, 0.5) is 10.1 Å². The van der Waals surface area contributed by atoms with Crippen molar-refractivity contribution >= 4 is 11.9 Å². The number of halogens is 1. The minimum absolute atomic E-state index is 0.240. The summed E-state index contributed by atoms with van der Waals surface area (Å²) in [6, 6.07) is 6.65. The van der Waals surface area contributed by atoms with Crippen LogP contribution in [-0.2, 0) is 0 Å². The number of fused-ring (bicyclic) bond motifs is 1. The monoisotopic (exact) mass is 271 g/mol. The van der Waals surface area contributed by atoms with E-state index < -0.39 is 0 Å². The molecule has 0 bridgehead atoms. The maximum absolute atomic E-state index is 13.6. The molecular formula is C15H14FN3O. The number of hydrogen-bond acceptors (Lipinski definition) is 4. The maximum atomic E-state index is 13.6. The normalized spacial score (nSPS) is 16.4. The number of pyridine rings is 1. The smallest absolute Gasteiger partial charge is 0.144 e. The van der Waals surface area contributed by atoms with Gasteiger partial charge in [0.25, 0.3) is 0 Å². The second-order valence-electron chi connectivity index (χ2n) is 4.62. The summed E-state index contributed by atoms with van der Waals surface area (Å²) < 4.78 is 18.7. The molecule has 0 saturated carbocycles. The molecule has 1 aromatic carbocycles. The summed E-state index contributed by atoms with van der Waals surface area (Å²) in [5.41, 5.74) is 3.34. The predicted molar refractivity (Wildman–Crippen MR) is 75.9 cm³/mol. The van der Waals surface area contributed by atoms with Gasteiger partial charge in [-0.3, -0.25) is 9.98 Å². The first kappa shape index (κ1) is 12.6. The molecule has 2 aromatic rings. The SMILES string of the molecule is COc1cc(F)cc2c1C=NC(c1ccnc(C)c1)N2. The van der Waals surface area contributed by atoms with Crippen LogP contribution in [-0.4, -0.2) is 18.3 Å². The van der Waals surface area contributed by atoms with Crippen LogP contribution in [0.1, 0.15) is 23.0 Å². The Morgan fingerprint density at radius 3 is 2.90 bits per heavy atom. The molecule has 0 aliphatic carbocycles. The van der Waals surface area contributed by atoms with Crippen molar-refractivity contribution in [2.75, 3.05) is 12.4 Å². The van der Waals surface area contributed by atoms with Crippen molar-refractivity contribution < 1.29 is 9.13 Å². The van der Waals surface area contributed by atoms with Gasteiger partial charge in [-0.25, -0.2) is 4.39 Å². The Hall–Kier alpha value is -2.43. The average Bonchev–Trinajstić information content (AvgIpc) is 2.45. The number of aromatic nitrogens is 1. The van der Waals surface area contributed by atoms with E-state index in [0.29, 0.717) is 11.4 Å². The van der Waals surface area contributed by atoms with E-state index in [1.807, 2.05) is 19.1 Å². The zero-order valence-electron chi connectivity index (χ0n) is 11.2. The lowest BCUT2D eigenvalue weighted by atomic mass is 10.1. The molecule has 1 aliphatic rings. The van der Waals surface area contributed by atoms with E-state index in [4.69, 9.17) is 4.74 Å². The molecule has 0 spiro atoms. The predicted octanol–water partition coefficient (Wildman–Crippen LogP) is 3.08. The van der Waals surface area contributed by atoms with Gasteiger partial charge in [0.1, 0.15) is 17.7 Å². The number of rotatable bonds is 2. The molecule has 102 valence electrons. The second kappa shape index (κ2) is 4.92. The van der Waals surface area contributed by atoms with Gasteiger partial charge in [0.2, 0.25) is 0 Å². The van der Waals surface area contributed by atoms with Crippen LogP contribution in [0.3, 0.4) is 0 Å². The van der Waals surface area contributed by atoms with Crippen LogP contribution in [0.2, 0.25) is 0 Å². The molecule has 0 fully saturated rings. The van der Waals surface area contributed by atoms with Gasteiger partial charge in [0.05, 0.1) is 18.4 Å². The molecule has 1 aliphatic heterocycles. The Morgan fingerprint density at radius 1 is 1.30 bits per heavy atom. The quantitative estimate of drug-likeness (QED) is 0.913. The van der Waals surface area contributed by atoms with Gasteiger partial charge in [-0.15, -0.1) is 0 Å². The number of aryl methyl sites for hydroxylation is 1. The summed E-state index contributed by atoms with van der Waals surface area (Å²) >= 11 is 0. The lowest BCUT2D eigenvalue weighted by molar-refractivity contribution is 0.410. The third-order valence-electron chi connectivity index (χ3n) is 3.21. The molecular weight excluding hydrogens is 257 g/mol. The summed E-state index contributed by atoms with van der Waals surface area (Å²) in [7, 11) is 1.52. The van der Waals surface area contributed by atoms with Crippen LogP contribution in [0.5, 0.6) is 5.75 Å². The van der Waals surface area contributed by atoms with E-state index in [2.05, 4.69) is 15.3 Å². The molecule has 0 saturated heterocycles. The molecule has 5 heteroatoms. The fourth-order valence-corrected chi connectivity index (χ4v) is 2.26. The van der Waals surface area contributed by atoms with E-state index >= 15 is 0 Å². The van der Waals surface area contributed by atoms with E-state index in [9.17, 15) is 4.39 Å².